The lowest BCUT2D eigenvalue weighted by molar-refractivity contribution is 0.273. The van der Waals surface area contributed by atoms with Crippen molar-refractivity contribution in [1.82, 2.24) is 9.97 Å². The molecular formula is C15H18ClN3O2. The molecule has 2 N–H and O–H groups in total. The molecule has 0 spiro atoms. The van der Waals surface area contributed by atoms with Crippen LogP contribution in [-0.2, 0) is 13.0 Å². The van der Waals surface area contributed by atoms with Crippen molar-refractivity contribution in [1.29, 1.82) is 0 Å². The molecule has 2 rings (SSSR count). The lowest BCUT2D eigenvalue weighted by Crippen LogP contribution is -2.18. The van der Waals surface area contributed by atoms with Gasteiger partial charge in [-0.3, -0.25) is 0 Å². The molecule has 0 fully saturated rings. The largest absolute Gasteiger partial charge is 0.493 e. The quantitative estimate of drug-likeness (QED) is 0.888. The van der Waals surface area contributed by atoms with Crippen molar-refractivity contribution in [2.75, 3.05) is 7.11 Å². The van der Waals surface area contributed by atoms with Gasteiger partial charge in [-0.2, -0.15) is 0 Å². The molecule has 1 aromatic heterocycles. The van der Waals surface area contributed by atoms with Crippen molar-refractivity contribution in [3.05, 3.63) is 47.0 Å². The van der Waals surface area contributed by atoms with Crippen LogP contribution in [-0.4, -0.2) is 23.1 Å². The van der Waals surface area contributed by atoms with Gasteiger partial charge in [0.05, 0.1) is 7.11 Å². The first kappa shape index (κ1) is 15.5. The lowest BCUT2D eigenvalue weighted by Gasteiger charge is -2.16. The number of hydrogen-bond acceptors (Lipinski definition) is 5. The van der Waals surface area contributed by atoms with Crippen LogP contribution in [0, 0.1) is 0 Å². The Morgan fingerprint density at radius 2 is 2.00 bits per heavy atom. The molecule has 1 heterocycles. The van der Waals surface area contributed by atoms with Crippen molar-refractivity contribution in [2.24, 2.45) is 5.73 Å². The summed E-state index contributed by atoms with van der Waals surface area (Å²) >= 11 is 6.10. The molecule has 0 saturated carbocycles. The number of nitrogens with zero attached hydrogens (tertiary/aromatic N) is 2. The predicted molar refractivity (Wildman–Crippen MR) is 81.7 cm³/mol. The summed E-state index contributed by atoms with van der Waals surface area (Å²) in [5.41, 5.74) is 6.79. The van der Waals surface area contributed by atoms with E-state index in [0.717, 1.165) is 5.56 Å². The monoisotopic (exact) mass is 307 g/mol. The fourth-order valence-corrected chi connectivity index (χ4v) is 2.21. The average molecular weight is 308 g/mol. The second-order valence-corrected chi connectivity index (χ2v) is 5.17. The third-order valence-corrected chi connectivity index (χ3v) is 3.04. The number of methoxy groups -OCH3 is 1. The van der Waals surface area contributed by atoms with Crippen LogP contribution in [0.2, 0.25) is 5.02 Å². The Morgan fingerprint density at radius 1 is 1.29 bits per heavy atom. The van der Waals surface area contributed by atoms with E-state index in [0.29, 0.717) is 28.8 Å². The maximum atomic E-state index is 6.10. The topological polar surface area (TPSA) is 70.3 Å². The number of aromatic nitrogens is 2. The van der Waals surface area contributed by atoms with Gasteiger partial charge in [-0.25, -0.2) is 9.97 Å². The number of nitrogens with two attached hydrogens (primary N) is 1. The Labute approximate surface area is 129 Å². The Kier molecular flexibility index (Phi) is 5.36. The van der Waals surface area contributed by atoms with Gasteiger partial charge in [0.2, 0.25) is 0 Å². The molecule has 0 aliphatic rings. The summed E-state index contributed by atoms with van der Waals surface area (Å²) in [6.45, 7) is 2.18. The number of hydrogen-bond donors (Lipinski definition) is 1. The molecule has 2 aromatic rings. The number of halogens is 1. The minimum atomic E-state index is -0.0106. The van der Waals surface area contributed by atoms with Crippen LogP contribution in [0.15, 0.2) is 30.6 Å². The van der Waals surface area contributed by atoms with E-state index in [1.54, 1.807) is 31.6 Å². The van der Waals surface area contributed by atoms with Crippen molar-refractivity contribution in [2.45, 2.75) is 26.0 Å². The first-order chi connectivity index (χ1) is 10.1. The van der Waals surface area contributed by atoms with E-state index in [1.807, 2.05) is 13.0 Å². The molecule has 5 nitrogen and oxygen atoms in total. The van der Waals surface area contributed by atoms with Gasteiger partial charge in [0.1, 0.15) is 6.61 Å². The first-order valence-electron chi connectivity index (χ1n) is 6.61. The van der Waals surface area contributed by atoms with Crippen LogP contribution in [0.1, 0.15) is 18.3 Å². The molecule has 0 radical (unpaired) electrons. The highest BCUT2D eigenvalue weighted by Gasteiger charge is 2.15. The Hall–Kier alpha value is -1.85. The van der Waals surface area contributed by atoms with E-state index < -0.39 is 0 Å². The third kappa shape index (κ3) is 4.31. The molecule has 0 aliphatic carbocycles. The summed E-state index contributed by atoms with van der Waals surface area (Å²) in [5, 5.41) is 0.589. The molecule has 0 saturated heterocycles. The van der Waals surface area contributed by atoms with Crippen LogP contribution in [0.5, 0.6) is 11.5 Å². The van der Waals surface area contributed by atoms with E-state index >= 15 is 0 Å². The van der Waals surface area contributed by atoms with Gasteiger partial charge < -0.3 is 15.2 Å². The fraction of sp³-hybridized carbons (Fsp3) is 0.333. The molecule has 6 heteroatoms. The minimum absolute atomic E-state index is 0.0106. The van der Waals surface area contributed by atoms with Crippen LogP contribution in [0.3, 0.4) is 0 Å². The number of benzene rings is 1. The molecule has 1 atom stereocenters. The number of ether oxygens (including phenoxy) is 2. The Balaban J connectivity index is 2.26. The van der Waals surface area contributed by atoms with Gasteiger partial charge >= 0.3 is 0 Å². The van der Waals surface area contributed by atoms with Gasteiger partial charge in [0, 0.05) is 35.1 Å². The van der Waals surface area contributed by atoms with Gasteiger partial charge in [0.25, 0.3) is 0 Å². The maximum absolute atomic E-state index is 6.10. The normalized spacial score (nSPS) is 12.0. The maximum Gasteiger partial charge on any atom is 0.166 e. The molecule has 0 amide bonds. The molecule has 1 unspecified atom stereocenters. The zero-order chi connectivity index (χ0) is 15.2. The summed E-state index contributed by atoms with van der Waals surface area (Å²) < 4.78 is 11.2. The second-order valence-electron chi connectivity index (χ2n) is 4.73. The van der Waals surface area contributed by atoms with Gasteiger partial charge in [-0.05, 0) is 25.5 Å². The lowest BCUT2D eigenvalue weighted by atomic mass is 10.1. The second kappa shape index (κ2) is 7.24. The summed E-state index contributed by atoms with van der Waals surface area (Å²) in [6.07, 6.45) is 3.99. The van der Waals surface area contributed by atoms with Gasteiger partial charge in [0.15, 0.2) is 17.3 Å². The van der Waals surface area contributed by atoms with E-state index in [2.05, 4.69) is 9.97 Å². The van der Waals surface area contributed by atoms with E-state index in [-0.39, 0.29) is 12.6 Å². The summed E-state index contributed by atoms with van der Waals surface area (Å²) in [7, 11) is 1.58. The van der Waals surface area contributed by atoms with Crippen LogP contribution >= 0.6 is 11.6 Å². The highest BCUT2D eigenvalue weighted by molar-refractivity contribution is 6.30. The first-order valence-corrected chi connectivity index (χ1v) is 6.98. The zero-order valence-electron chi connectivity index (χ0n) is 12.0. The van der Waals surface area contributed by atoms with Gasteiger partial charge in [-0.1, -0.05) is 11.6 Å². The summed E-state index contributed by atoms with van der Waals surface area (Å²) in [5.74, 6) is 1.81. The van der Waals surface area contributed by atoms with Crippen LogP contribution in [0.25, 0.3) is 0 Å². The standard InChI is InChI=1S/C15H18ClN3O2/c1-10(17)6-11-7-12(16)8-13(20-2)15(11)21-9-14-18-4-3-5-19-14/h3-5,7-8,10H,6,9,17H2,1-2H3. The summed E-state index contributed by atoms with van der Waals surface area (Å²) in [4.78, 5) is 8.26. The molecule has 1 aromatic carbocycles. The highest BCUT2D eigenvalue weighted by atomic mass is 35.5. The Morgan fingerprint density at radius 3 is 2.62 bits per heavy atom. The fourth-order valence-electron chi connectivity index (χ4n) is 1.98. The molecular weight excluding hydrogens is 290 g/mol. The summed E-state index contributed by atoms with van der Waals surface area (Å²) in [6, 6.07) is 5.30. The van der Waals surface area contributed by atoms with Crippen LogP contribution < -0.4 is 15.2 Å². The average Bonchev–Trinajstić information content (AvgIpc) is 2.46. The van der Waals surface area contributed by atoms with Crippen molar-refractivity contribution < 1.29 is 9.47 Å². The van der Waals surface area contributed by atoms with Gasteiger partial charge in [-0.15, -0.1) is 0 Å². The molecule has 0 bridgehead atoms. The molecule has 0 aliphatic heterocycles. The van der Waals surface area contributed by atoms with E-state index in [4.69, 9.17) is 26.8 Å². The Bertz CT molecular complexity index is 591. The smallest absolute Gasteiger partial charge is 0.166 e. The predicted octanol–water partition coefficient (Wildman–Crippen LogP) is 2.61. The minimum Gasteiger partial charge on any atom is -0.493 e. The van der Waals surface area contributed by atoms with Crippen molar-refractivity contribution in [3.8, 4) is 11.5 Å². The zero-order valence-corrected chi connectivity index (χ0v) is 12.8. The van der Waals surface area contributed by atoms with Crippen molar-refractivity contribution >= 4 is 11.6 Å². The number of rotatable bonds is 6. The van der Waals surface area contributed by atoms with Crippen molar-refractivity contribution in [3.63, 3.8) is 0 Å². The van der Waals surface area contributed by atoms with E-state index in [1.165, 1.54) is 0 Å². The SMILES string of the molecule is COc1cc(Cl)cc(CC(C)N)c1OCc1ncccn1. The molecule has 21 heavy (non-hydrogen) atoms. The van der Waals surface area contributed by atoms with E-state index in [9.17, 15) is 0 Å². The highest BCUT2D eigenvalue weighted by Crippen LogP contribution is 2.35. The van der Waals surface area contributed by atoms with Crippen LogP contribution in [0.4, 0.5) is 0 Å². The third-order valence-electron chi connectivity index (χ3n) is 2.82. The molecule has 112 valence electrons.